The number of carboxylic acids is 1. The van der Waals surface area contributed by atoms with Gasteiger partial charge in [-0.1, -0.05) is 11.3 Å². The van der Waals surface area contributed by atoms with Crippen LogP contribution in [0.4, 0.5) is 5.13 Å². The smallest absolute Gasteiger partial charge is 0.327 e. The molecule has 6 nitrogen and oxygen atoms in total. The molecule has 1 aromatic heterocycles. The number of nitrogens with zero attached hydrogens (tertiary/aromatic N) is 2. The highest BCUT2D eigenvalue weighted by Crippen LogP contribution is 2.46. The molecule has 2 aliphatic rings. The van der Waals surface area contributed by atoms with E-state index in [0.29, 0.717) is 27.4 Å². The maximum absolute atomic E-state index is 12.7. The molecular formula is C12H15N3O3S2. The third-order valence-electron chi connectivity index (χ3n) is 3.59. The molecule has 1 aliphatic heterocycles. The van der Waals surface area contributed by atoms with Crippen molar-refractivity contribution in [3.8, 4) is 0 Å². The summed E-state index contributed by atoms with van der Waals surface area (Å²) in [6.07, 6.45) is 2.13. The minimum Gasteiger partial charge on any atom is -0.480 e. The van der Waals surface area contributed by atoms with Gasteiger partial charge in [-0.3, -0.25) is 4.79 Å². The minimum absolute atomic E-state index is 0.0219. The van der Waals surface area contributed by atoms with Crippen molar-refractivity contribution in [3.63, 3.8) is 0 Å². The number of nitrogen functional groups attached to an aromatic ring is 1. The van der Waals surface area contributed by atoms with Gasteiger partial charge in [0.1, 0.15) is 10.9 Å². The van der Waals surface area contributed by atoms with Crippen LogP contribution in [0.2, 0.25) is 0 Å². The van der Waals surface area contributed by atoms with Crippen LogP contribution in [0.15, 0.2) is 0 Å². The fourth-order valence-electron chi connectivity index (χ4n) is 2.45. The van der Waals surface area contributed by atoms with E-state index < -0.39 is 12.0 Å². The Morgan fingerprint density at radius 3 is 2.65 bits per heavy atom. The minimum atomic E-state index is -0.941. The lowest BCUT2D eigenvalue weighted by atomic mass is 10.2. The fraction of sp³-hybridized carbons (Fsp3) is 0.583. The molecule has 1 saturated heterocycles. The van der Waals surface area contributed by atoms with Crippen molar-refractivity contribution in [2.24, 2.45) is 5.92 Å². The number of hydrogen-bond acceptors (Lipinski definition) is 6. The van der Waals surface area contributed by atoms with Crippen LogP contribution in [0.3, 0.4) is 0 Å². The molecule has 1 aromatic rings. The van der Waals surface area contributed by atoms with Gasteiger partial charge < -0.3 is 15.7 Å². The summed E-state index contributed by atoms with van der Waals surface area (Å²) in [5.41, 5.74) is 6.21. The Bertz CT molecular complexity index is 570. The molecule has 0 spiro atoms. The third kappa shape index (κ3) is 2.26. The van der Waals surface area contributed by atoms with Crippen LogP contribution < -0.4 is 5.73 Å². The van der Waals surface area contributed by atoms with Gasteiger partial charge in [0.15, 0.2) is 5.13 Å². The van der Waals surface area contributed by atoms with E-state index in [0.717, 1.165) is 24.2 Å². The molecule has 2 atom stereocenters. The van der Waals surface area contributed by atoms with Crippen molar-refractivity contribution >= 4 is 40.1 Å². The van der Waals surface area contributed by atoms with Gasteiger partial charge in [-0.05, 0) is 25.7 Å². The molecule has 1 aliphatic carbocycles. The molecule has 2 fully saturated rings. The highest BCUT2D eigenvalue weighted by molar-refractivity contribution is 8.00. The average Bonchev–Trinajstić information content (AvgIpc) is 3.03. The molecule has 8 heteroatoms. The molecular weight excluding hydrogens is 298 g/mol. The quantitative estimate of drug-likeness (QED) is 0.876. The second-order valence-electron chi connectivity index (χ2n) is 5.09. The van der Waals surface area contributed by atoms with Crippen molar-refractivity contribution in [2.45, 2.75) is 31.2 Å². The van der Waals surface area contributed by atoms with E-state index in [1.807, 2.05) is 0 Å². The van der Waals surface area contributed by atoms with E-state index in [2.05, 4.69) is 4.98 Å². The average molecular weight is 313 g/mol. The zero-order valence-electron chi connectivity index (χ0n) is 10.9. The summed E-state index contributed by atoms with van der Waals surface area (Å²) in [4.78, 5) is 30.1. The summed E-state index contributed by atoms with van der Waals surface area (Å²) in [5.74, 6) is -0.302. The number of aromatic nitrogens is 1. The Balaban J connectivity index is 1.92. The first kappa shape index (κ1) is 13.7. The predicted octanol–water partition coefficient (Wildman–Crippen LogP) is 1.41. The number of carboxylic acid groups (broad SMARTS) is 1. The summed E-state index contributed by atoms with van der Waals surface area (Å²) in [5, 5.41) is 9.65. The van der Waals surface area contributed by atoms with E-state index in [-0.39, 0.29) is 11.3 Å². The van der Waals surface area contributed by atoms with Crippen LogP contribution in [0.5, 0.6) is 0 Å². The normalized spacial score (nSPS) is 25.9. The van der Waals surface area contributed by atoms with Gasteiger partial charge in [-0.25, -0.2) is 9.78 Å². The van der Waals surface area contributed by atoms with Crippen molar-refractivity contribution in [1.29, 1.82) is 0 Å². The van der Waals surface area contributed by atoms with Crippen LogP contribution in [0.1, 0.15) is 28.2 Å². The van der Waals surface area contributed by atoms with E-state index in [1.165, 1.54) is 4.90 Å². The number of rotatable bonds is 3. The number of anilines is 1. The number of carbonyl (C=O) groups excluding carboxylic acids is 1. The van der Waals surface area contributed by atoms with E-state index >= 15 is 0 Å². The first-order valence-electron chi connectivity index (χ1n) is 6.39. The van der Waals surface area contributed by atoms with Crippen molar-refractivity contribution < 1.29 is 14.7 Å². The molecule has 1 saturated carbocycles. The molecule has 0 radical (unpaired) electrons. The molecule has 108 valence electrons. The summed E-state index contributed by atoms with van der Waals surface area (Å²) in [6, 6.07) is -0.749. The number of hydrogen-bond donors (Lipinski definition) is 2. The Morgan fingerprint density at radius 1 is 1.45 bits per heavy atom. The summed E-state index contributed by atoms with van der Waals surface area (Å²) >= 11 is 2.70. The highest BCUT2D eigenvalue weighted by Gasteiger charge is 2.48. The first-order valence-corrected chi connectivity index (χ1v) is 8.25. The van der Waals surface area contributed by atoms with Crippen molar-refractivity contribution in [3.05, 3.63) is 10.6 Å². The van der Waals surface area contributed by atoms with Crippen LogP contribution in [0.25, 0.3) is 0 Å². The second kappa shape index (κ2) is 4.92. The largest absolute Gasteiger partial charge is 0.480 e. The zero-order valence-corrected chi connectivity index (χ0v) is 12.5. The Labute approximate surface area is 124 Å². The summed E-state index contributed by atoms with van der Waals surface area (Å²) in [6.45, 7) is 1.73. The van der Waals surface area contributed by atoms with Crippen molar-refractivity contribution in [2.75, 3.05) is 11.5 Å². The van der Waals surface area contributed by atoms with Gasteiger partial charge in [0.2, 0.25) is 0 Å². The van der Waals surface area contributed by atoms with Crippen LogP contribution in [0, 0.1) is 12.8 Å². The van der Waals surface area contributed by atoms with E-state index in [9.17, 15) is 14.7 Å². The SMILES string of the molecule is Cc1nc(N)sc1C(=O)N1C(C(=O)O)CSC1C1CC1. The monoisotopic (exact) mass is 313 g/mol. The highest BCUT2D eigenvalue weighted by atomic mass is 32.2. The molecule has 2 unspecified atom stereocenters. The van der Waals surface area contributed by atoms with Gasteiger partial charge in [0, 0.05) is 5.75 Å². The summed E-state index contributed by atoms with van der Waals surface area (Å²) < 4.78 is 0. The molecule has 1 amide bonds. The third-order valence-corrected chi connectivity index (χ3v) is 6.02. The second-order valence-corrected chi connectivity index (χ2v) is 7.27. The molecule has 2 heterocycles. The Morgan fingerprint density at radius 2 is 2.15 bits per heavy atom. The van der Waals surface area contributed by atoms with E-state index in [1.54, 1.807) is 18.7 Å². The number of carbonyl (C=O) groups is 2. The standard InChI is InChI=1S/C12H15N3O3S2/c1-5-8(20-12(13)14-5)9(16)15-7(11(17)18)4-19-10(15)6-2-3-6/h6-7,10H,2-4H2,1H3,(H2,13,14)(H,17,18). The topological polar surface area (TPSA) is 96.5 Å². The summed E-state index contributed by atoms with van der Waals surface area (Å²) in [7, 11) is 0. The number of thioether (sulfide) groups is 1. The van der Waals surface area contributed by atoms with Crippen LogP contribution >= 0.6 is 23.1 Å². The Hall–Kier alpha value is -1.28. The molecule has 20 heavy (non-hydrogen) atoms. The number of aliphatic carboxylic acids is 1. The fourth-order valence-corrected chi connectivity index (χ4v) is 4.86. The predicted molar refractivity (Wildman–Crippen MR) is 77.8 cm³/mol. The number of nitrogens with two attached hydrogens (primary N) is 1. The molecule has 3 N–H and O–H groups in total. The lowest BCUT2D eigenvalue weighted by molar-refractivity contribution is -0.141. The van der Waals surface area contributed by atoms with Gasteiger partial charge >= 0.3 is 5.97 Å². The van der Waals surface area contributed by atoms with Crippen molar-refractivity contribution in [1.82, 2.24) is 9.88 Å². The van der Waals surface area contributed by atoms with Crippen LogP contribution in [-0.2, 0) is 4.79 Å². The van der Waals surface area contributed by atoms with Gasteiger partial charge in [-0.2, -0.15) is 0 Å². The number of amides is 1. The zero-order chi connectivity index (χ0) is 14.4. The maximum atomic E-state index is 12.7. The van der Waals surface area contributed by atoms with E-state index in [4.69, 9.17) is 5.73 Å². The molecule has 3 rings (SSSR count). The van der Waals surface area contributed by atoms with Gasteiger partial charge in [0.05, 0.1) is 11.1 Å². The lowest BCUT2D eigenvalue weighted by Crippen LogP contribution is -2.46. The lowest BCUT2D eigenvalue weighted by Gasteiger charge is -2.27. The molecule has 0 bridgehead atoms. The van der Waals surface area contributed by atoms with Gasteiger partial charge in [0.25, 0.3) is 5.91 Å². The number of thiazole rings is 1. The first-order chi connectivity index (χ1) is 9.49. The van der Waals surface area contributed by atoms with Gasteiger partial charge in [-0.15, -0.1) is 11.8 Å². The maximum Gasteiger partial charge on any atom is 0.327 e. The molecule has 0 aromatic carbocycles. The Kier molecular flexibility index (Phi) is 3.37. The van der Waals surface area contributed by atoms with Crippen LogP contribution in [-0.4, -0.2) is 44.0 Å². The number of aryl methyl sites for hydroxylation is 1.